The molecule has 0 spiro atoms. The molecule has 1 aliphatic rings. The molecule has 0 aliphatic carbocycles. The van der Waals surface area contributed by atoms with Crippen LogP contribution in [0.1, 0.15) is 52.8 Å². The first-order valence-electron chi connectivity index (χ1n) is 10.0. The van der Waals surface area contributed by atoms with Crippen molar-refractivity contribution in [2.45, 2.75) is 72.7 Å². The molecule has 1 aromatic rings. The average Bonchev–Trinajstić information content (AvgIpc) is 3.15. The fourth-order valence-electron chi connectivity index (χ4n) is 3.59. The molecule has 2 N–H and O–H groups in total. The number of carbonyl (C=O) groups is 1. The number of amides is 1. The van der Waals surface area contributed by atoms with Gasteiger partial charge in [-0.2, -0.15) is 5.10 Å². The minimum absolute atomic E-state index is 0.170. The third-order valence-electron chi connectivity index (χ3n) is 4.59. The highest BCUT2D eigenvalue weighted by molar-refractivity contribution is 7.71. The standard InChI is InChI=1S/C19H35N5O2S/c1-14(2)10-22(11-15(3)4)13-24-19(27)23(12-16-6-5-9-26-16)18(21-24)8-7-17(20)25/h14-16H,5-13H2,1-4H3,(H2,20,25). The molecule has 0 bridgehead atoms. The van der Waals surface area contributed by atoms with Gasteiger partial charge in [0.25, 0.3) is 0 Å². The third-order valence-corrected chi connectivity index (χ3v) is 5.02. The van der Waals surface area contributed by atoms with Crippen LogP contribution in [0.3, 0.4) is 0 Å². The zero-order valence-electron chi connectivity index (χ0n) is 17.2. The maximum atomic E-state index is 11.3. The number of nitrogens with zero attached hydrogens (tertiary/aromatic N) is 4. The molecular weight excluding hydrogens is 362 g/mol. The summed E-state index contributed by atoms with van der Waals surface area (Å²) in [7, 11) is 0. The number of ether oxygens (including phenoxy) is 1. The van der Waals surface area contributed by atoms with Crippen molar-refractivity contribution < 1.29 is 9.53 Å². The van der Waals surface area contributed by atoms with E-state index in [0.717, 1.165) is 38.4 Å². The SMILES string of the molecule is CC(C)CN(CC(C)C)Cn1nc(CCC(N)=O)n(CC2CCCO2)c1=S. The van der Waals surface area contributed by atoms with Gasteiger partial charge in [0, 0.05) is 32.5 Å². The largest absolute Gasteiger partial charge is 0.376 e. The summed E-state index contributed by atoms with van der Waals surface area (Å²) in [4.78, 5) is 13.7. The van der Waals surface area contributed by atoms with Crippen molar-refractivity contribution in [2.75, 3.05) is 19.7 Å². The van der Waals surface area contributed by atoms with Crippen LogP contribution < -0.4 is 5.73 Å². The Balaban J connectivity index is 2.22. The van der Waals surface area contributed by atoms with Gasteiger partial charge in [-0.15, -0.1) is 0 Å². The first-order valence-corrected chi connectivity index (χ1v) is 10.5. The lowest BCUT2D eigenvalue weighted by atomic mass is 10.1. The lowest BCUT2D eigenvalue weighted by molar-refractivity contribution is -0.118. The smallest absolute Gasteiger partial charge is 0.217 e. The summed E-state index contributed by atoms with van der Waals surface area (Å²) in [6, 6.07) is 0. The molecule has 27 heavy (non-hydrogen) atoms. The summed E-state index contributed by atoms with van der Waals surface area (Å²) < 4.78 is 10.4. The van der Waals surface area contributed by atoms with E-state index in [2.05, 4.69) is 32.6 Å². The van der Waals surface area contributed by atoms with Crippen molar-refractivity contribution in [1.29, 1.82) is 0 Å². The Kier molecular flexibility index (Phi) is 8.44. The first kappa shape index (κ1) is 22.0. The van der Waals surface area contributed by atoms with Gasteiger partial charge in [0.15, 0.2) is 4.77 Å². The van der Waals surface area contributed by atoms with Gasteiger partial charge >= 0.3 is 0 Å². The van der Waals surface area contributed by atoms with Gasteiger partial charge in [0.1, 0.15) is 5.82 Å². The summed E-state index contributed by atoms with van der Waals surface area (Å²) in [5.74, 6) is 1.64. The second kappa shape index (κ2) is 10.3. The Bertz CT molecular complexity index is 652. The van der Waals surface area contributed by atoms with E-state index >= 15 is 0 Å². The number of aryl methyl sites for hydroxylation is 1. The molecule has 0 saturated carbocycles. The second-order valence-corrected chi connectivity index (χ2v) is 8.74. The predicted octanol–water partition coefficient (Wildman–Crippen LogP) is 2.58. The molecular formula is C19H35N5O2S. The zero-order valence-corrected chi connectivity index (χ0v) is 18.0. The second-order valence-electron chi connectivity index (χ2n) is 8.38. The van der Waals surface area contributed by atoms with Crippen LogP contribution in [0, 0.1) is 16.6 Å². The Labute approximate surface area is 167 Å². The van der Waals surface area contributed by atoms with E-state index in [9.17, 15) is 4.79 Å². The van der Waals surface area contributed by atoms with Gasteiger partial charge in [-0.1, -0.05) is 27.7 Å². The highest BCUT2D eigenvalue weighted by atomic mass is 32.1. The molecule has 1 saturated heterocycles. The van der Waals surface area contributed by atoms with E-state index in [1.165, 1.54) is 0 Å². The van der Waals surface area contributed by atoms with Crippen LogP contribution in [0.2, 0.25) is 0 Å². The van der Waals surface area contributed by atoms with E-state index in [0.29, 0.717) is 36.2 Å². The van der Waals surface area contributed by atoms with Crippen LogP contribution in [-0.4, -0.2) is 51.0 Å². The molecule has 1 amide bonds. The summed E-state index contributed by atoms with van der Waals surface area (Å²) in [6.45, 7) is 13.0. The fraction of sp³-hybridized carbons (Fsp3) is 0.842. The van der Waals surface area contributed by atoms with Gasteiger partial charge in [-0.3, -0.25) is 9.69 Å². The van der Waals surface area contributed by atoms with Gasteiger partial charge in [-0.25, -0.2) is 4.68 Å². The lowest BCUT2D eigenvalue weighted by Crippen LogP contribution is -2.33. The molecule has 2 rings (SSSR count). The highest BCUT2D eigenvalue weighted by Gasteiger charge is 2.21. The molecule has 1 aliphatic heterocycles. The molecule has 1 atom stereocenters. The van der Waals surface area contributed by atoms with Crippen LogP contribution in [0.5, 0.6) is 0 Å². The van der Waals surface area contributed by atoms with Crippen molar-refractivity contribution in [3.05, 3.63) is 10.6 Å². The van der Waals surface area contributed by atoms with Gasteiger partial charge in [0.2, 0.25) is 5.91 Å². The van der Waals surface area contributed by atoms with Crippen LogP contribution in [0.4, 0.5) is 0 Å². The van der Waals surface area contributed by atoms with E-state index < -0.39 is 0 Å². The Hall–Kier alpha value is -1.25. The topological polar surface area (TPSA) is 78.3 Å². The molecule has 1 aromatic heterocycles. The molecule has 154 valence electrons. The number of rotatable bonds is 11. The summed E-state index contributed by atoms with van der Waals surface area (Å²) >= 11 is 5.74. The number of aromatic nitrogens is 3. The molecule has 2 heterocycles. The maximum Gasteiger partial charge on any atom is 0.217 e. The lowest BCUT2D eigenvalue weighted by Gasteiger charge is -2.25. The van der Waals surface area contributed by atoms with E-state index in [1.807, 2.05) is 9.25 Å². The number of nitrogens with two attached hydrogens (primary N) is 1. The molecule has 1 fully saturated rings. The van der Waals surface area contributed by atoms with E-state index in [1.54, 1.807) is 0 Å². The summed E-state index contributed by atoms with van der Waals surface area (Å²) in [5.41, 5.74) is 5.35. The highest BCUT2D eigenvalue weighted by Crippen LogP contribution is 2.17. The summed E-state index contributed by atoms with van der Waals surface area (Å²) in [5, 5.41) is 4.75. The Morgan fingerprint density at radius 3 is 2.52 bits per heavy atom. The molecule has 8 heteroatoms. The van der Waals surface area contributed by atoms with Gasteiger partial charge in [-0.05, 0) is 36.9 Å². The van der Waals surface area contributed by atoms with Crippen molar-refractivity contribution >= 4 is 18.1 Å². The van der Waals surface area contributed by atoms with Crippen molar-refractivity contribution in [1.82, 2.24) is 19.2 Å². The van der Waals surface area contributed by atoms with Crippen LogP contribution >= 0.6 is 12.2 Å². The number of carbonyl (C=O) groups excluding carboxylic acids is 1. The third kappa shape index (κ3) is 7.01. The average molecular weight is 398 g/mol. The van der Waals surface area contributed by atoms with E-state index in [4.69, 9.17) is 27.8 Å². The van der Waals surface area contributed by atoms with Crippen LogP contribution in [0.25, 0.3) is 0 Å². The monoisotopic (exact) mass is 397 g/mol. The minimum Gasteiger partial charge on any atom is -0.376 e. The number of hydrogen-bond donors (Lipinski definition) is 1. The van der Waals surface area contributed by atoms with Crippen LogP contribution in [0.15, 0.2) is 0 Å². The van der Waals surface area contributed by atoms with Crippen molar-refractivity contribution in [2.24, 2.45) is 17.6 Å². The first-order chi connectivity index (χ1) is 12.8. The summed E-state index contributed by atoms with van der Waals surface area (Å²) in [6.07, 6.45) is 3.07. The molecule has 7 nitrogen and oxygen atoms in total. The fourth-order valence-corrected chi connectivity index (χ4v) is 3.86. The normalized spacial score (nSPS) is 17.5. The Morgan fingerprint density at radius 1 is 1.33 bits per heavy atom. The molecule has 0 aromatic carbocycles. The molecule has 1 unspecified atom stereocenters. The quantitative estimate of drug-likeness (QED) is 0.581. The number of primary amides is 1. The zero-order chi connectivity index (χ0) is 20.0. The molecule has 0 radical (unpaired) electrons. The minimum atomic E-state index is -0.319. The Morgan fingerprint density at radius 2 is 2.00 bits per heavy atom. The maximum absolute atomic E-state index is 11.3. The van der Waals surface area contributed by atoms with Crippen molar-refractivity contribution in [3.8, 4) is 0 Å². The van der Waals surface area contributed by atoms with Gasteiger partial charge < -0.3 is 15.0 Å². The predicted molar refractivity (Wildman–Crippen MR) is 109 cm³/mol. The number of hydrogen-bond acceptors (Lipinski definition) is 5. The van der Waals surface area contributed by atoms with Crippen LogP contribution in [-0.2, 0) is 29.2 Å². The van der Waals surface area contributed by atoms with E-state index in [-0.39, 0.29) is 18.4 Å². The van der Waals surface area contributed by atoms with Crippen molar-refractivity contribution in [3.63, 3.8) is 0 Å². The van der Waals surface area contributed by atoms with Gasteiger partial charge in [0.05, 0.1) is 19.3 Å².